The molecular weight excluding hydrogens is 332 g/mol. The Morgan fingerprint density at radius 2 is 2.00 bits per heavy atom. The standard InChI is InChI=1S/C19H30N4O3/c1-6-20-19(22-13-14(2)18(25)26-5)21-11-10-15-8-7-9-16(12-15)17(24)23(3)4/h7-9,12,14H,6,10-11,13H2,1-5H3,(H2,20,21,22). The fourth-order valence-electron chi connectivity index (χ4n) is 2.29. The Kier molecular flexibility index (Phi) is 9.19. The summed E-state index contributed by atoms with van der Waals surface area (Å²) in [6.07, 6.45) is 0.755. The average molecular weight is 362 g/mol. The molecule has 1 aromatic rings. The molecule has 1 rings (SSSR count). The van der Waals surface area contributed by atoms with Gasteiger partial charge in [0.05, 0.1) is 19.6 Å². The zero-order valence-corrected chi connectivity index (χ0v) is 16.3. The predicted molar refractivity (Wildman–Crippen MR) is 103 cm³/mol. The lowest BCUT2D eigenvalue weighted by atomic mass is 10.1. The minimum absolute atomic E-state index is 0.00786. The van der Waals surface area contributed by atoms with Crippen LogP contribution in [0.15, 0.2) is 29.3 Å². The molecule has 0 saturated carbocycles. The summed E-state index contributed by atoms with van der Waals surface area (Å²) >= 11 is 0. The fourth-order valence-corrected chi connectivity index (χ4v) is 2.29. The van der Waals surface area contributed by atoms with Gasteiger partial charge in [-0.15, -0.1) is 0 Å². The maximum atomic E-state index is 12.0. The lowest BCUT2D eigenvalue weighted by Crippen LogP contribution is -2.38. The van der Waals surface area contributed by atoms with Crippen molar-refractivity contribution in [1.29, 1.82) is 0 Å². The minimum Gasteiger partial charge on any atom is -0.469 e. The molecule has 0 heterocycles. The maximum absolute atomic E-state index is 12.0. The number of ether oxygens (including phenoxy) is 1. The maximum Gasteiger partial charge on any atom is 0.310 e. The second-order valence-corrected chi connectivity index (χ2v) is 6.22. The number of rotatable bonds is 8. The van der Waals surface area contributed by atoms with Gasteiger partial charge >= 0.3 is 5.97 Å². The summed E-state index contributed by atoms with van der Waals surface area (Å²) in [7, 11) is 4.86. The van der Waals surface area contributed by atoms with Crippen molar-refractivity contribution in [1.82, 2.24) is 15.5 Å². The molecule has 0 radical (unpaired) electrons. The molecule has 0 aromatic heterocycles. The smallest absolute Gasteiger partial charge is 0.310 e. The van der Waals surface area contributed by atoms with Crippen LogP contribution < -0.4 is 10.6 Å². The summed E-state index contributed by atoms with van der Waals surface area (Å²) < 4.78 is 4.71. The van der Waals surface area contributed by atoms with Crippen molar-refractivity contribution in [3.63, 3.8) is 0 Å². The van der Waals surface area contributed by atoms with Crippen LogP contribution in [0.1, 0.15) is 29.8 Å². The molecule has 7 nitrogen and oxygen atoms in total. The molecule has 1 unspecified atom stereocenters. The molecule has 26 heavy (non-hydrogen) atoms. The zero-order chi connectivity index (χ0) is 19.5. The van der Waals surface area contributed by atoms with E-state index in [0.29, 0.717) is 24.6 Å². The molecule has 0 aliphatic heterocycles. The number of methoxy groups -OCH3 is 1. The Bertz CT molecular complexity index is 629. The van der Waals surface area contributed by atoms with Gasteiger partial charge in [-0.05, 0) is 31.0 Å². The Balaban J connectivity index is 2.61. The molecule has 2 N–H and O–H groups in total. The van der Waals surface area contributed by atoms with Crippen LogP contribution in [0.25, 0.3) is 0 Å². The molecule has 0 spiro atoms. The first kappa shape index (κ1) is 21.5. The van der Waals surface area contributed by atoms with E-state index >= 15 is 0 Å². The van der Waals surface area contributed by atoms with Crippen LogP contribution >= 0.6 is 0 Å². The summed E-state index contributed by atoms with van der Waals surface area (Å²) in [6.45, 7) is 5.52. The molecule has 0 fully saturated rings. The van der Waals surface area contributed by atoms with Crippen molar-refractivity contribution in [3.05, 3.63) is 35.4 Å². The summed E-state index contributed by atoms with van der Waals surface area (Å²) in [5.74, 6) is 0.0893. The zero-order valence-electron chi connectivity index (χ0n) is 16.3. The SMILES string of the molecule is CCNC(=NCC(C)C(=O)OC)NCCc1cccc(C(=O)N(C)C)c1. The average Bonchev–Trinajstić information content (AvgIpc) is 2.64. The first-order chi connectivity index (χ1) is 12.4. The second-order valence-electron chi connectivity index (χ2n) is 6.22. The number of benzene rings is 1. The van der Waals surface area contributed by atoms with E-state index in [1.807, 2.05) is 31.2 Å². The number of nitrogens with zero attached hydrogens (tertiary/aromatic N) is 2. The van der Waals surface area contributed by atoms with Gasteiger partial charge in [-0.25, -0.2) is 0 Å². The van der Waals surface area contributed by atoms with Gasteiger partial charge in [0.1, 0.15) is 0 Å². The Hall–Kier alpha value is -2.57. The molecule has 0 aliphatic rings. The third-order valence-corrected chi connectivity index (χ3v) is 3.76. The highest BCUT2D eigenvalue weighted by atomic mass is 16.5. The number of hydrogen-bond donors (Lipinski definition) is 2. The molecule has 0 aliphatic carbocycles. The number of guanidine groups is 1. The molecule has 0 saturated heterocycles. The van der Waals surface area contributed by atoms with E-state index in [2.05, 4.69) is 15.6 Å². The number of carbonyl (C=O) groups is 2. The third kappa shape index (κ3) is 7.13. The van der Waals surface area contributed by atoms with Crippen LogP contribution in [0, 0.1) is 5.92 Å². The molecule has 1 atom stereocenters. The number of amides is 1. The van der Waals surface area contributed by atoms with Gasteiger partial charge in [-0.2, -0.15) is 0 Å². The number of carbonyl (C=O) groups excluding carboxylic acids is 2. The van der Waals surface area contributed by atoms with Crippen molar-refractivity contribution in [2.75, 3.05) is 40.8 Å². The quantitative estimate of drug-likeness (QED) is 0.414. The van der Waals surface area contributed by atoms with Crippen LogP contribution in [0.2, 0.25) is 0 Å². The van der Waals surface area contributed by atoms with Crippen LogP contribution in [-0.4, -0.2) is 63.6 Å². The summed E-state index contributed by atoms with van der Waals surface area (Å²) in [6, 6.07) is 7.62. The van der Waals surface area contributed by atoms with Crippen molar-refractivity contribution in [2.24, 2.45) is 10.9 Å². The Labute approximate surface area is 155 Å². The topological polar surface area (TPSA) is 83.0 Å². The monoisotopic (exact) mass is 362 g/mol. The van der Waals surface area contributed by atoms with E-state index in [9.17, 15) is 9.59 Å². The van der Waals surface area contributed by atoms with Gasteiger partial charge in [-0.1, -0.05) is 19.1 Å². The summed E-state index contributed by atoms with van der Waals surface area (Å²) in [5.41, 5.74) is 1.75. The van der Waals surface area contributed by atoms with E-state index in [0.717, 1.165) is 18.5 Å². The predicted octanol–water partition coefficient (Wildman–Crippen LogP) is 1.30. The van der Waals surface area contributed by atoms with E-state index in [-0.39, 0.29) is 17.8 Å². The summed E-state index contributed by atoms with van der Waals surface area (Å²) in [5, 5.41) is 6.40. The van der Waals surface area contributed by atoms with Gasteiger partial charge in [-0.3, -0.25) is 14.6 Å². The van der Waals surface area contributed by atoms with Crippen LogP contribution in [0.3, 0.4) is 0 Å². The second kappa shape index (κ2) is 11.1. The highest BCUT2D eigenvalue weighted by molar-refractivity contribution is 5.94. The van der Waals surface area contributed by atoms with Crippen LogP contribution in [0.5, 0.6) is 0 Å². The van der Waals surface area contributed by atoms with Gasteiger partial charge in [0.15, 0.2) is 5.96 Å². The Morgan fingerprint density at radius 1 is 1.27 bits per heavy atom. The fraction of sp³-hybridized carbons (Fsp3) is 0.526. The van der Waals surface area contributed by atoms with E-state index in [1.165, 1.54) is 7.11 Å². The van der Waals surface area contributed by atoms with Gasteiger partial charge in [0.25, 0.3) is 5.91 Å². The lowest BCUT2D eigenvalue weighted by Gasteiger charge is -2.13. The van der Waals surface area contributed by atoms with Crippen molar-refractivity contribution in [3.8, 4) is 0 Å². The van der Waals surface area contributed by atoms with E-state index < -0.39 is 0 Å². The molecule has 1 aromatic carbocycles. The van der Waals surface area contributed by atoms with Gasteiger partial charge in [0, 0.05) is 32.7 Å². The number of esters is 1. The Morgan fingerprint density at radius 3 is 2.62 bits per heavy atom. The first-order valence-electron chi connectivity index (χ1n) is 8.79. The third-order valence-electron chi connectivity index (χ3n) is 3.76. The molecule has 144 valence electrons. The van der Waals surface area contributed by atoms with Gasteiger partial charge < -0.3 is 20.3 Å². The number of aliphatic imine (C=N–C) groups is 1. The van der Waals surface area contributed by atoms with Crippen LogP contribution in [-0.2, 0) is 16.0 Å². The summed E-state index contributed by atoms with van der Waals surface area (Å²) in [4.78, 5) is 29.5. The van der Waals surface area contributed by atoms with E-state index in [1.54, 1.807) is 25.9 Å². The highest BCUT2D eigenvalue weighted by Crippen LogP contribution is 2.07. The molecular formula is C19H30N4O3. The lowest BCUT2D eigenvalue weighted by molar-refractivity contribution is -0.144. The van der Waals surface area contributed by atoms with Crippen molar-refractivity contribution >= 4 is 17.8 Å². The number of nitrogens with one attached hydrogen (secondary N) is 2. The van der Waals surface area contributed by atoms with Crippen molar-refractivity contribution in [2.45, 2.75) is 20.3 Å². The van der Waals surface area contributed by atoms with Gasteiger partial charge in [0.2, 0.25) is 0 Å². The molecule has 1 amide bonds. The number of hydrogen-bond acceptors (Lipinski definition) is 4. The van der Waals surface area contributed by atoms with Crippen molar-refractivity contribution < 1.29 is 14.3 Å². The normalized spacial score (nSPS) is 12.3. The first-order valence-corrected chi connectivity index (χ1v) is 8.79. The largest absolute Gasteiger partial charge is 0.469 e. The highest BCUT2D eigenvalue weighted by Gasteiger charge is 2.12. The minimum atomic E-state index is -0.288. The molecule has 7 heteroatoms. The van der Waals surface area contributed by atoms with E-state index in [4.69, 9.17) is 4.74 Å². The molecule has 0 bridgehead atoms. The van der Waals surface area contributed by atoms with Crippen LogP contribution in [0.4, 0.5) is 0 Å².